The number of anilines is 1. The zero-order valence-electron chi connectivity index (χ0n) is 9.51. The van der Waals surface area contributed by atoms with E-state index in [1.165, 1.54) is 23.6 Å². The Morgan fingerprint density at radius 2 is 2.11 bits per heavy atom. The van der Waals surface area contributed by atoms with E-state index >= 15 is 0 Å². The number of ketones is 1. The van der Waals surface area contributed by atoms with Gasteiger partial charge >= 0.3 is 5.97 Å². The SMILES string of the molecule is Cc1ccsc1C(=O)c1ccnc(N)c1C(=O)O. The Morgan fingerprint density at radius 3 is 2.67 bits per heavy atom. The van der Waals surface area contributed by atoms with Gasteiger partial charge in [-0.15, -0.1) is 11.3 Å². The van der Waals surface area contributed by atoms with Gasteiger partial charge in [-0.25, -0.2) is 9.78 Å². The van der Waals surface area contributed by atoms with Crippen molar-refractivity contribution in [3.8, 4) is 0 Å². The van der Waals surface area contributed by atoms with Gasteiger partial charge in [0.05, 0.1) is 4.88 Å². The molecule has 0 spiro atoms. The molecule has 0 unspecified atom stereocenters. The zero-order chi connectivity index (χ0) is 13.3. The second-order valence-electron chi connectivity index (χ2n) is 3.69. The Labute approximate surface area is 107 Å². The molecule has 92 valence electrons. The number of nitrogen functional groups attached to an aromatic ring is 1. The number of carbonyl (C=O) groups is 2. The lowest BCUT2D eigenvalue weighted by Gasteiger charge is -2.06. The molecule has 0 bridgehead atoms. The van der Waals surface area contributed by atoms with E-state index in [4.69, 9.17) is 10.8 Å². The first kappa shape index (κ1) is 12.3. The summed E-state index contributed by atoms with van der Waals surface area (Å²) in [4.78, 5) is 27.6. The number of aromatic carboxylic acids is 1. The summed E-state index contributed by atoms with van der Waals surface area (Å²) in [5.74, 6) is -1.74. The largest absolute Gasteiger partial charge is 0.478 e. The van der Waals surface area contributed by atoms with E-state index in [9.17, 15) is 9.59 Å². The number of hydrogen-bond acceptors (Lipinski definition) is 5. The van der Waals surface area contributed by atoms with E-state index in [1.54, 1.807) is 12.3 Å². The van der Waals surface area contributed by atoms with Gasteiger partial charge in [-0.3, -0.25) is 4.79 Å². The second kappa shape index (κ2) is 4.58. The average Bonchev–Trinajstić information content (AvgIpc) is 2.73. The van der Waals surface area contributed by atoms with E-state index < -0.39 is 5.97 Å². The van der Waals surface area contributed by atoms with Gasteiger partial charge in [-0.05, 0) is 30.0 Å². The number of carbonyl (C=O) groups excluding carboxylic acids is 1. The number of aromatic nitrogens is 1. The number of carboxylic acids is 1. The molecule has 0 saturated heterocycles. The smallest absolute Gasteiger partial charge is 0.340 e. The third kappa shape index (κ3) is 1.98. The molecule has 0 aromatic carbocycles. The molecule has 0 amide bonds. The lowest BCUT2D eigenvalue weighted by Crippen LogP contribution is -2.13. The molecule has 0 fully saturated rings. The number of nitrogens with zero attached hydrogens (tertiary/aromatic N) is 1. The van der Waals surface area contributed by atoms with Crippen LogP contribution in [0.5, 0.6) is 0 Å². The summed E-state index contributed by atoms with van der Waals surface area (Å²) >= 11 is 1.28. The van der Waals surface area contributed by atoms with E-state index in [2.05, 4.69) is 4.98 Å². The van der Waals surface area contributed by atoms with Gasteiger partial charge in [0.25, 0.3) is 0 Å². The number of pyridine rings is 1. The molecule has 2 rings (SSSR count). The summed E-state index contributed by atoms with van der Waals surface area (Å²) in [5, 5.41) is 10.9. The third-order valence-corrected chi connectivity index (χ3v) is 3.52. The van der Waals surface area contributed by atoms with Crippen LogP contribution in [0.3, 0.4) is 0 Å². The van der Waals surface area contributed by atoms with Crippen molar-refractivity contribution in [2.45, 2.75) is 6.92 Å². The molecule has 2 aromatic heterocycles. The van der Waals surface area contributed by atoms with E-state index in [1.807, 2.05) is 6.07 Å². The molecule has 0 aliphatic heterocycles. The van der Waals surface area contributed by atoms with Gasteiger partial charge in [0, 0.05) is 11.8 Å². The number of thiophene rings is 1. The van der Waals surface area contributed by atoms with Gasteiger partial charge in [-0.1, -0.05) is 0 Å². The van der Waals surface area contributed by atoms with Crippen LogP contribution in [0.2, 0.25) is 0 Å². The van der Waals surface area contributed by atoms with Crippen molar-refractivity contribution in [3.05, 3.63) is 45.3 Å². The van der Waals surface area contributed by atoms with Crippen LogP contribution >= 0.6 is 11.3 Å². The second-order valence-corrected chi connectivity index (χ2v) is 4.60. The van der Waals surface area contributed by atoms with Crippen LogP contribution in [-0.2, 0) is 0 Å². The van der Waals surface area contributed by atoms with E-state index in [0.29, 0.717) is 4.88 Å². The van der Waals surface area contributed by atoms with E-state index in [-0.39, 0.29) is 22.7 Å². The maximum absolute atomic E-state index is 12.3. The van der Waals surface area contributed by atoms with Gasteiger partial charge in [0.1, 0.15) is 11.4 Å². The number of carboxylic acid groups (broad SMARTS) is 1. The predicted octanol–water partition coefficient (Wildman–Crippen LogP) is 1.96. The molecule has 6 heteroatoms. The maximum Gasteiger partial charge on any atom is 0.340 e. The van der Waals surface area contributed by atoms with Crippen LogP contribution in [0, 0.1) is 6.92 Å². The van der Waals surface area contributed by atoms with Crippen molar-refractivity contribution in [1.29, 1.82) is 0 Å². The molecule has 0 saturated carbocycles. The molecule has 0 aliphatic rings. The summed E-state index contributed by atoms with van der Waals surface area (Å²) in [7, 11) is 0. The highest BCUT2D eigenvalue weighted by atomic mass is 32.1. The number of aryl methyl sites for hydroxylation is 1. The Kier molecular flexibility index (Phi) is 3.12. The fourth-order valence-corrected chi connectivity index (χ4v) is 2.50. The molecule has 2 aromatic rings. The first-order valence-corrected chi connectivity index (χ1v) is 5.97. The lowest BCUT2D eigenvalue weighted by atomic mass is 10.0. The Bertz CT molecular complexity index is 634. The summed E-state index contributed by atoms with van der Waals surface area (Å²) in [6.07, 6.45) is 1.33. The fourth-order valence-electron chi connectivity index (χ4n) is 1.62. The summed E-state index contributed by atoms with van der Waals surface area (Å²) in [5.41, 5.74) is 6.16. The predicted molar refractivity (Wildman–Crippen MR) is 68.1 cm³/mol. The van der Waals surface area contributed by atoms with Crippen molar-refractivity contribution in [2.24, 2.45) is 0 Å². The van der Waals surface area contributed by atoms with Crippen LogP contribution < -0.4 is 5.73 Å². The molecular weight excluding hydrogens is 252 g/mol. The Morgan fingerprint density at radius 1 is 1.39 bits per heavy atom. The molecule has 5 nitrogen and oxygen atoms in total. The first-order valence-electron chi connectivity index (χ1n) is 5.09. The highest BCUT2D eigenvalue weighted by Crippen LogP contribution is 2.23. The standard InChI is InChI=1S/C12H10N2O3S/c1-6-3-5-18-10(6)9(15)7-2-4-14-11(13)8(7)12(16)17/h2-5H,1H3,(H2,13,14)(H,16,17). The summed E-state index contributed by atoms with van der Waals surface area (Å²) in [6, 6.07) is 3.18. The van der Waals surface area contributed by atoms with Gasteiger partial charge in [0.2, 0.25) is 5.78 Å². The monoisotopic (exact) mass is 262 g/mol. The zero-order valence-corrected chi connectivity index (χ0v) is 10.3. The van der Waals surface area contributed by atoms with Crippen LogP contribution in [0.1, 0.15) is 31.2 Å². The normalized spacial score (nSPS) is 10.3. The Balaban J connectivity index is 2.59. The van der Waals surface area contributed by atoms with Gasteiger partial charge in [0.15, 0.2) is 0 Å². The molecule has 0 aliphatic carbocycles. The molecule has 0 atom stereocenters. The fraction of sp³-hybridized carbons (Fsp3) is 0.0833. The summed E-state index contributed by atoms with van der Waals surface area (Å²) in [6.45, 7) is 1.80. The van der Waals surface area contributed by atoms with Crippen LogP contribution in [0.15, 0.2) is 23.7 Å². The number of rotatable bonds is 3. The quantitative estimate of drug-likeness (QED) is 0.825. The number of nitrogens with two attached hydrogens (primary N) is 1. The average molecular weight is 262 g/mol. The molecule has 3 N–H and O–H groups in total. The van der Waals surface area contributed by atoms with Crippen molar-refractivity contribution < 1.29 is 14.7 Å². The highest BCUT2D eigenvalue weighted by Gasteiger charge is 2.22. The minimum absolute atomic E-state index is 0.0700. The van der Waals surface area contributed by atoms with Crippen molar-refractivity contribution in [3.63, 3.8) is 0 Å². The molecular formula is C12H10N2O3S. The van der Waals surface area contributed by atoms with E-state index in [0.717, 1.165) is 5.56 Å². The van der Waals surface area contributed by atoms with Crippen LogP contribution in [0.25, 0.3) is 0 Å². The van der Waals surface area contributed by atoms with Crippen LogP contribution in [-0.4, -0.2) is 21.8 Å². The number of hydrogen-bond donors (Lipinski definition) is 2. The summed E-state index contributed by atoms with van der Waals surface area (Å²) < 4.78 is 0. The molecule has 0 radical (unpaired) electrons. The highest BCUT2D eigenvalue weighted by molar-refractivity contribution is 7.12. The first-order chi connectivity index (χ1) is 8.52. The van der Waals surface area contributed by atoms with Crippen molar-refractivity contribution >= 4 is 28.9 Å². The maximum atomic E-state index is 12.3. The van der Waals surface area contributed by atoms with Gasteiger partial charge < -0.3 is 10.8 Å². The minimum Gasteiger partial charge on any atom is -0.478 e. The van der Waals surface area contributed by atoms with Crippen molar-refractivity contribution in [2.75, 3.05) is 5.73 Å². The van der Waals surface area contributed by atoms with Crippen LogP contribution in [0.4, 0.5) is 5.82 Å². The topological polar surface area (TPSA) is 93.3 Å². The lowest BCUT2D eigenvalue weighted by molar-refractivity contribution is 0.0693. The molecule has 2 heterocycles. The third-order valence-electron chi connectivity index (χ3n) is 2.51. The van der Waals surface area contributed by atoms with Gasteiger partial charge in [-0.2, -0.15) is 0 Å². The molecule has 18 heavy (non-hydrogen) atoms. The van der Waals surface area contributed by atoms with Crippen molar-refractivity contribution in [1.82, 2.24) is 4.98 Å². The minimum atomic E-state index is -1.25. The Hall–Kier alpha value is -2.21.